The maximum Gasteiger partial charge on any atom is 0.0667 e. The lowest BCUT2D eigenvalue weighted by Gasteiger charge is -2.21. The summed E-state index contributed by atoms with van der Waals surface area (Å²) >= 11 is 9.41. The van der Waals surface area contributed by atoms with Crippen LogP contribution in [0.25, 0.3) is 0 Å². The average molecular weight is 322 g/mol. The van der Waals surface area contributed by atoms with E-state index in [0.717, 1.165) is 16.6 Å². The molecule has 0 spiro atoms. The molecule has 2 atom stereocenters. The van der Waals surface area contributed by atoms with Crippen LogP contribution in [0, 0.1) is 0 Å². The molecule has 0 aromatic heterocycles. The number of hydrogen-bond donors (Lipinski definition) is 2. The normalized spacial score (nSPS) is 14.6. The Morgan fingerprint density at radius 1 is 1.53 bits per heavy atom. The van der Waals surface area contributed by atoms with Crippen molar-refractivity contribution >= 4 is 27.5 Å². The van der Waals surface area contributed by atoms with Gasteiger partial charge in [0.05, 0.1) is 6.10 Å². The number of hydrogen-bond acceptors (Lipinski definition) is 3. The minimum Gasteiger partial charge on any atom is -0.380 e. The number of nitrogens with one attached hydrogen (secondary N) is 1. The SMILES string of the molecule is COC(C)CNC(CN)c1ccc(Cl)cc1Br. The van der Waals surface area contributed by atoms with Gasteiger partial charge in [-0.25, -0.2) is 0 Å². The molecule has 1 aromatic carbocycles. The Balaban J connectivity index is 2.72. The molecule has 0 saturated heterocycles. The Bertz CT molecular complexity index is 362. The molecule has 2 unspecified atom stereocenters. The van der Waals surface area contributed by atoms with Crippen LogP contribution in [0.2, 0.25) is 5.02 Å². The zero-order valence-corrected chi connectivity index (χ0v) is 12.4. The summed E-state index contributed by atoms with van der Waals surface area (Å²) in [5.74, 6) is 0. The number of nitrogens with two attached hydrogens (primary N) is 1. The summed E-state index contributed by atoms with van der Waals surface area (Å²) in [7, 11) is 1.70. The molecule has 96 valence electrons. The van der Waals surface area contributed by atoms with Gasteiger partial charge in [0.15, 0.2) is 0 Å². The molecular weight excluding hydrogens is 304 g/mol. The van der Waals surface area contributed by atoms with Crippen molar-refractivity contribution in [2.45, 2.75) is 19.1 Å². The van der Waals surface area contributed by atoms with Gasteiger partial charge in [-0.3, -0.25) is 0 Å². The number of ether oxygens (including phenoxy) is 1. The lowest BCUT2D eigenvalue weighted by atomic mass is 10.1. The molecule has 0 heterocycles. The zero-order valence-electron chi connectivity index (χ0n) is 10.0. The first-order valence-electron chi connectivity index (χ1n) is 5.49. The van der Waals surface area contributed by atoms with E-state index in [1.165, 1.54) is 0 Å². The number of rotatable bonds is 6. The fourth-order valence-corrected chi connectivity index (χ4v) is 2.45. The highest BCUT2D eigenvalue weighted by molar-refractivity contribution is 9.10. The van der Waals surface area contributed by atoms with Crippen molar-refractivity contribution in [3.8, 4) is 0 Å². The highest BCUT2D eigenvalue weighted by Gasteiger charge is 2.13. The third-order valence-corrected chi connectivity index (χ3v) is 3.55. The number of benzene rings is 1. The monoisotopic (exact) mass is 320 g/mol. The van der Waals surface area contributed by atoms with Gasteiger partial charge in [-0.05, 0) is 24.6 Å². The first kappa shape index (κ1) is 14.9. The minimum atomic E-state index is 0.0965. The Morgan fingerprint density at radius 3 is 2.76 bits per heavy atom. The van der Waals surface area contributed by atoms with E-state index in [4.69, 9.17) is 22.1 Å². The molecule has 0 bridgehead atoms. The van der Waals surface area contributed by atoms with Gasteiger partial charge in [-0.15, -0.1) is 0 Å². The molecule has 1 rings (SSSR count). The van der Waals surface area contributed by atoms with Crippen LogP contribution in [-0.2, 0) is 4.74 Å². The van der Waals surface area contributed by atoms with E-state index in [2.05, 4.69) is 21.2 Å². The molecule has 3 nitrogen and oxygen atoms in total. The molecule has 0 aliphatic carbocycles. The van der Waals surface area contributed by atoms with Crippen molar-refractivity contribution in [2.75, 3.05) is 20.2 Å². The van der Waals surface area contributed by atoms with Gasteiger partial charge in [-0.1, -0.05) is 33.6 Å². The summed E-state index contributed by atoms with van der Waals surface area (Å²) in [6.45, 7) is 3.29. The van der Waals surface area contributed by atoms with Gasteiger partial charge in [0, 0.05) is 35.7 Å². The van der Waals surface area contributed by atoms with Crippen LogP contribution in [0.4, 0.5) is 0 Å². The van der Waals surface area contributed by atoms with Crippen molar-refractivity contribution in [1.29, 1.82) is 0 Å². The van der Waals surface area contributed by atoms with Crippen LogP contribution < -0.4 is 11.1 Å². The quantitative estimate of drug-likeness (QED) is 0.847. The second-order valence-corrected chi connectivity index (χ2v) is 5.20. The van der Waals surface area contributed by atoms with Crippen molar-refractivity contribution in [3.05, 3.63) is 33.3 Å². The molecule has 5 heteroatoms. The van der Waals surface area contributed by atoms with Crippen molar-refractivity contribution < 1.29 is 4.74 Å². The van der Waals surface area contributed by atoms with Crippen LogP contribution in [0.1, 0.15) is 18.5 Å². The Kier molecular flexibility index (Phi) is 6.44. The first-order valence-corrected chi connectivity index (χ1v) is 6.66. The van der Waals surface area contributed by atoms with Gasteiger partial charge < -0.3 is 15.8 Å². The van der Waals surface area contributed by atoms with E-state index >= 15 is 0 Å². The summed E-state index contributed by atoms with van der Waals surface area (Å²) in [4.78, 5) is 0. The highest BCUT2D eigenvalue weighted by Crippen LogP contribution is 2.26. The second kappa shape index (κ2) is 7.34. The van der Waals surface area contributed by atoms with Crippen molar-refractivity contribution in [3.63, 3.8) is 0 Å². The fourth-order valence-electron chi connectivity index (χ4n) is 1.50. The number of halogens is 2. The van der Waals surface area contributed by atoms with E-state index in [9.17, 15) is 0 Å². The molecule has 0 aliphatic heterocycles. The molecule has 0 saturated carbocycles. The predicted molar refractivity (Wildman–Crippen MR) is 75.4 cm³/mol. The lowest BCUT2D eigenvalue weighted by Crippen LogP contribution is -2.34. The van der Waals surface area contributed by atoms with Crippen molar-refractivity contribution in [2.24, 2.45) is 5.73 Å². The van der Waals surface area contributed by atoms with Gasteiger partial charge in [-0.2, -0.15) is 0 Å². The summed E-state index contributed by atoms with van der Waals surface area (Å²) < 4.78 is 6.16. The average Bonchev–Trinajstić information content (AvgIpc) is 2.31. The molecule has 17 heavy (non-hydrogen) atoms. The Hall–Kier alpha value is -0.130. The van der Waals surface area contributed by atoms with Crippen molar-refractivity contribution in [1.82, 2.24) is 5.32 Å². The van der Waals surface area contributed by atoms with Crippen LogP contribution in [0.5, 0.6) is 0 Å². The minimum absolute atomic E-state index is 0.0965. The van der Waals surface area contributed by atoms with Crippen LogP contribution >= 0.6 is 27.5 Å². The summed E-state index contributed by atoms with van der Waals surface area (Å²) in [6, 6.07) is 5.82. The maximum atomic E-state index is 5.91. The summed E-state index contributed by atoms with van der Waals surface area (Å²) in [5.41, 5.74) is 6.89. The van der Waals surface area contributed by atoms with Gasteiger partial charge >= 0.3 is 0 Å². The Morgan fingerprint density at radius 2 is 2.24 bits per heavy atom. The first-order chi connectivity index (χ1) is 8.08. The third-order valence-electron chi connectivity index (χ3n) is 2.63. The molecule has 3 N–H and O–H groups in total. The van der Waals surface area contributed by atoms with E-state index < -0.39 is 0 Å². The van der Waals surface area contributed by atoms with Crippen LogP contribution in [0.15, 0.2) is 22.7 Å². The van der Waals surface area contributed by atoms with Gasteiger partial charge in [0.1, 0.15) is 0 Å². The van der Waals surface area contributed by atoms with E-state index in [1.807, 2.05) is 25.1 Å². The zero-order chi connectivity index (χ0) is 12.8. The molecule has 1 aromatic rings. The Labute approximate surface area is 116 Å². The van der Waals surface area contributed by atoms with E-state index in [0.29, 0.717) is 11.6 Å². The van der Waals surface area contributed by atoms with Crippen LogP contribution in [-0.4, -0.2) is 26.3 Å². The summed E-state index contributed by atoms with van der Waals surface area (Å²) in [6.07, 6.45) is 0.162. The largest absolute Gasteiger partial charge is 0.380 e. The molecule has 0 amide bonds. The second-order valence-electron chi connectivity index (χ2n) is 3.91. The summed E-state index contributed by atoms with van der Waals surface area (Å²) in [5, 5.41) is 4.08. The maximum absolute atomic E-state index is 5.91. The fraction of sp³-hybridized carbons (Fsp3) is 0.500. The van der Waals surface area contributed by atoms with Gasteiger partial charge in [0.25, 0.3) is 0 Å². The molecule has 0 fully saturated rings. The smallest absolute Gasteiger partial charge is 0.0667 e. The third kappa shape index (κ3) is 4.56. The number of methoxy groups -OCH3 is 1. The molecule has 0 radical (unpaired) electrons. The predicted octanol–water partition coefficient (Wildman–Crippen LogP) is 2.73. The molecule has 0 aliphatic rings. The molecular formula is C12H18BrClN2O. The highest BCUT2D eigenvalue weighted by atomic mass is 79.9. The van der Waals surface area contributed by atoms with E-state index in [-0.39, 0.29) is 12.1 Å². The topological polar surface area (TPSA) is 47.3 Å². The standard InChI is InChI=1S/C12H18BrClN2O/c1-8(17-2)7-16-12(6-15)10-4-3-9(14)5-11(10)13/h3-5,8,12,16H,6-7,15H2,1-2H3. The van der Waals surface area contributed by atoms with E-state index in [1.54, 1.807) is 7.11 Å². The van der Waals surface area contributed by atoms with Crippen LogP contribution in [0.3, 0.4) is 0 Å². The van der Waals surface area contributed by atoms with Gasteiger partial charge in [0.2, 0.25) is 0 Å². The lowest BCUT2D eigenvalue weighted by molar-refractivity contribution is 0.114.